The Balaban J connectivity index is 2.07. The van der Waals surface area contributed by atoms with Crippen molar-refractivity contribution >= 4 is 17.3 Å². The van der Waals surface area contributed by atoms with E-state index in [0.29, 0.717) is 0 Å². The Hall–Kier alpha value is -1.88. The first kappa shape index (κ1) is 12.2. The second-order valence-corrected chi connectivity index (χ2v) is 4.96. The highest BCUT2D eigenvalue weighted by Crippen LogP contribution is 2.33. The van der Waals surface area contributed by atoms with Gasteiger partial charge in [0.1, 0.15) is 6.04 Å². The first-order chi connectivity index (χ1) is 9.31. The number of aromatic amines is 1. The Morgan fingerprint density at radius 1 is 1.42 bits per heavy atom. The minimum atomic E-state index is 0.0937. The van der Waals surface area contributed by atoms with E-state index in [-0.39, 0.29) is 6.04 Å². The van der Waals surface area contributed by atoms with E-state index in [1.807, 2.05) is 13.1 Å². The van der Waals surface area contributed by atoms with Crippen molar-refractivity contribution in [2.75, 3.05) is 13.6 Å². The highest BCUT2D eigenvalue weighted by Gasteiger charge is 2.31. The lowest BCUT2D eigenvalue weighted by Crippen LogP contribution is -2.44. The molecule has 0 spiro atoms. The zero-order valence-corrected chi connectivity index (χ0v) is 11.6. The fraction of sp³-hybridized carbons (Fsp3) is 0.286. The van der Waals surface area contributed by atoms with Crippen molar-refractivity contribution in [2.45, 2.75) is 12.5 Å². The smallest absolute Gasteiger partial charge is 0.169 e. The molecule has 1 aromatic heterocycles. The van der Waals surface area contributed by atoms with Crippen LogP contribution in [0.3, 0.4) is 0 Å². The minimum Gasteiger partial charge on any atom is -0.366 e. The molecule has 0 aliphatic carbocycles. The van der Waals surface area contributed by atoms with Crippen LogP contribution in [-0.4, -0.2) is 33.6 Å². The maximum absolute atomic E-state index is 5.43. The molecule has 0 fully saturated rings. The van der Waals surface area contributed by atoms with Gasteiger partial charge in [0, 0.05) is 25.7 Å². The van der Waals surface area contributed by atoms with Gasteiger partial charge in [0.05, 0.1) is 12.0 Å². The standard InChI is InChI=1S/C14H16N4S/c1-15-14(19)18-8-7-11-12(17-9-16-11)13(18)10-5-3-2-4-6-10/h2-6,9,13H,7-8H2,1H3,(H,15,19)(H,16,17). The van der Waals surface area contributed by atoms with E-state index in [1.54, 1.807) is 6.33 Å². The van der Waals surface area contributed by atoms with Crippen LogP contribution in [0.4, 0.5) is 0 Å². The van der Waals surface area contributed by atoms with Crippen LogP contribution < -0.4 is 5.32 Å². The van der Waals surface area contributed by atoms with E-state index in [1.165, 1.54) is 11.3 Å². The molecule has 0 saturated heterocycles. The first-order valence-electron chi connectivity index (χ1n) is 6.36. The van der Waals surface area contributed by atoms with E-state index < -0.39 is 0 Å². The van der Waals surface area contributed by atoms with Gasteiger partial charge in [-0.1, -0.05) is 30.3 Å². The predicted octanol–water partition coefficient (Wildman–Crippen LogP) is 1.86. The highest BCUT2D eigenvalue weighted by atomic mass is 32.1. The zero-order valence-electron chi connectivity index (χ0n) is 10.8. The molecule has 2 aromatic rings. The van der Waals surface area contributed by atoms with Gasteiger partial charge in [0.15, 0.2) is 5.11 Å². The van der Waals surface area contributed by atoms with Crippen molar-refractivity contribution in [2.24, 2.45) is 0 Å². The van der Waals surface area contributed by atoms with Gasteiger partial charge in [-0.15, -0.1) is 0 Å². The summed E-state index contributed by atoms with van der Waals surface area (Å²) in [4.78, 5) is 9.93. The zero-order chi connectivity index (χ0) is 13.2. The van der Waals surface area contributed by atoms with Gasteiger partial charge in [-0.05, 0) is 17.8 Å². The van der Waals surface area contributed by atoms with Crippen molar-refractivity contribution in [3.63, 3.8) is 0 Å². The number of hydrogen-bond donors (Lipinski definition) is 2. The molecule has 1 unspecified atom stereocenters. The van der Waals surface area contributed by atoms with Gasteiger partial charge in [-0.25, -0.2) is 4.98 Å². The van der Waals surface area contributed by atoms with Crippen LogP contribution in [0.15, 0.2) is 36.7 Å². The van der Waals surface area contributed by atoms with Crippen LogP contribution in [0.5, 0.6) is 0 Å². The Morgan fingerprint density at radius 2 is 2.21 bits per heavy atom. The third-order valence-corrected chi connectivity index (χ3v) is 3.95. The van der Waals surface area contributed by atoms with Gasteiger partial charge in [0.25, 0.3) is 0 Å². The van der Waals surface area contributed by atoms with Gasteiger partial charge < -0.3 is 15.2 Å². The van der Waals surface area contributed by atoms with Gasteiger partial charge in [-0.3, -0.25) is 0 Å². The predicted molar refractivity (Wildman–Crippen MR) is 78.9 cm³/mol. The SMILES string of the molecule is CNC(=S)N1CCc2[nH]cnc2C1c1ccccc1. The number of thiocarbonyl (C=S) groups is 1. The summed E-state index contributed by atoms with van der Waals surface area (Å²) in [5.41, 5.74) is 3.51. The van der Waals surface area contributed by atoms with Crippen LogP contribution in [0.1, 0.15) is 23.0 Å². The maximum Gasteiger partial charge on any atom is 0.169 e. The number of rotatable bonds is 1. The second kappa shape index (κ2) is 5.01. The number of aromatic nitrogens is 2. The molecule has 98 valence electrons. The number of imidazole rings is 1. The van der Waals surface area contributed by atoms with Crippen LogP contribution in [0.25, 0.3) is 0 Å². The third kappa shape index (κ3) is 2.10. The summed E-state index contributed by atoms with van der Waals surface area (Å²) < 4.78 is 0. The Kier molecular flexibility index (Phi) is 3.21. The second-order valence-electron chi connectivity index (χ2n) is 4.58. The first-order valence-corrected chi connectivity index (χ1v) is 6.77. The number of nitrogens with one attached hydrogen (secondary N) is 2. The third-order valence-electron chi connectivity index (χ3n) is 3.52. The molecule has 2 N–H and O–H groups in total. The van der Waals surface area contributed by atoms with Crippen LogP contribution in [-0.2, 0) is 6.42 Å². The monoisotopic (exact) mass is 272 g/mol. The van der Waals surface area contributed by atoms with E-state index in [4.69, 9.17) is 12.2 Å². The Morgan fingerprint density at radius 3 is 2.95 bits per heavy atom. The summed E-state index contributed by atoms with van der Waals surface area (Å²) in [5.74, 6) is 0. The number of hydrogen-bond acceptors (Lipinski definition) is 2. The fourth-order valence-corrected chi connectivity index (χ4v) is 2.81. The maximum atomic E-state index is 5.43. The molecule has 4 nitrogen and oxygen atoms in total. The number of nitrogens with zero attached hydrogens (tertiary/aromatic N) is 2. The van der Waals surface area contributed by atoms with E-state index in [0.717, 1.165) is 23.8 Å². The largest absolute Gasteiger partial charge is 0.366 e. The molecule has 2 heterocycles. The molecule has 1 aliphatic heterocycles. The van der Waals surface area contributed by atoms with Crippen LogP contribution in [0.2, 0.25) is 0 Å². The van der Waals surface area contributed by atoms with Gasteiger partial charge in [-0.2, -0.15) is 0 Å². The molecule has 19 heavy (non-hydrogen) atoms. The fourth-order valence-electron chi connectivity index (χ4n) is 2.61. The van der Waals surface area contributed by atoms with E-state index in [2.05, 4.69) is 44.5 Å². The summed E-state index contributed by atoms with van der Waals surface area (Å²) >= 11 is 5.43. The van der Waals surface area contributed by atoms with Crippen molar-refractivity contribution in [1.82, 2.24) is 20.2 Å². The van der Waals surface area contributed by atoms with E-state index >= 15 is 0 Å². The lowest BCUT2D eigenvalue weighted by molar-refractivity contribution is 0.329. The van der Waals surface area contributed by atoms with Gasteiger partial charge >= 0.3 is 0 Å². The lowest BCUT2D eigenvalue weighted by atomic mass is 9.96. The minimum absolute atomic E-state index is 0.0937. The average molecular weight is 272 g/mol. The Labute approximate surface area is 117 Å². The molecule has 5 heteroatoms. The van der Waals surface area contributed by atoms with Gasteiger partial charge in [0.2, 0.25) is 0 Å². The Bertz CT molecular complexity index is 578. The summed E-state index contributed by atoms with van der Waals surface area (Å²) in [6, 6.07) is 10.5. The molecule has 0 amide bonds. The molecule has 1 atom stereocenters. The topological polar surface area (TPSA) is 44.0 Å². The molecule has 1 aromatic carbocycles. The molecular weight excluding hydrogens is 256 g/mol. The van der Waals surface area contributed by atoms with Crippen molar-refractivity contribution in [1.29, 1.82) is 0 Å². The summed E-state index contributed by atoms with van der Waals surface area (Å²) in [7, 11) is 1.87. The van der Waals surface area contributed by atoms with Crippen LogP contribution in [0, 0.1) is 0 Å². The molecule has 0 radical (unpaired) electrons. The average Bonchev–Trinajstić information content (AvgIpc) is 2.94. The molecule has 1 aliphatic rings. The summed E-state index contributed by atoms with van der Waals surface area (Å²) in [6.45, 7) is 0.897. The van der Waals surface area contributed by atoms with Crippen molar-refractivity contribution in [3.05, 3.63) is 53.6 Å². The molecule has 3 rings (SSSR count). The number of benzene rings is 1. The quantitative estimate of drug-likeness (QED) is 0.778. The highest BCUT2D eigenvalue weighted by molar-refractivity contribution is 7.80. The van der Waals surface area contributed by atoms with E-state index in [9.17, 15) is 0 Å². The van der Waals surface area contributed by atoms with Crippen molar-refractivity contribution in [3.8, 4) is 0 Å². The number of fused-ring (bicyclic) bond motifs is 1. The summed E-state index contributed by atoms with van der Waals surface area (Å²) in [5, 5.41) is 3.84. The summed E-state index contributed by atoms with van der Waals surface area (Å²) in [6.07, 6.45) is 2.72. The molecular formula is C14H16N4S. The molecule has 0 saturated carbocycles. The van der Waals surface area contributed by atoms with Crippen LogP contribution >= 0.6 is 12.2 Å². The number of H-pyrrole nitrogens is 1. The molecule has 0 bridgehead atoms. The normalized spacial score (nSPS) is 17.9. The van der Waals surface area contributed by atoms with Crippen molar-refractivity contribution < 1.29 is 0 Å². The lowest BCUT2D eigenvalue weighted by Gasteiger charge is -2.36.